The third kappa shape index (κ3) is 5.37. The molecule has 11 heteroatoms. The minimum absolute atomic E-state index is 0.119. The van der Waals surface area contributed by atoms with E-state index in [-0.39, 0.29) is 23.2 Å². The van der Waals surface area contributed by atoms with Gasteiger partial charge in [-0.2, -0.15) is 4.98 Å². The van der Waals surface area contributed by atoms with E-state index in [1.807, 2.05) is 26.0 Å². The molecule has 2 heterocycles. The second-order valence-electron chi connectivity index (χ2n) is 8.79. The molecule has 4 rings (SSSR count). The third-order valence-electron chi connectivity index (χ3n) is 5.92. The lowest BCUT2D eigenvalue weighted by atomic mass is 10.2. The highest BCUT2D eigenvalue weighted by Crippen LogP contribution is 2.38. The van der Waals surface area contributed by atoms with Crippen LogP contribution in [0.25, 0.3) is 16.9 Å². The smallest absolute Gasteiger partial charge is 0.334 e. The summed E-state index contributed by atoms with van der Waals surface area (Å²) in [5.74, 6) is 0.365. The zero-order chi connectivity index (χ0) is 29.9. The molecule has 2 aromatic heterocycles. The van der Waals surface area contributed by atoms with Gasteiger partial charge in [0, 0.05) is 49.6 Å². The van der Waals surface area contributed by atoms with Crippen LogP contribution in [0.1, 0.15) is 4.11 Å². The zero-order valence-corrected chi connectivity index (χ0v) is 21.7. The van der Waals surface area contributed by atoms with Crippen molar-refractivity contribution in [1.82, 2.24) is 24.0 Å². The lowest BCUT2D eigenvalue weighted by molar-refractivity contribution is -0.111. The van der Waals surface area contributed by atoms with Gasteiger partial charge in [0.2, 0.25) is 11.9 Å². The number of fused-ring (bicyclic) bond motifs is 1. The van der Waals surface area contributed by atoms with Crippen LogP contribution >= 0.6 is 0 Å². The molecular formula is C27H32N8O3. The van der Waals surface area contributed by atoms with E-state index in [9.17, 15) is 9.59 Å². The van der Waals surface area contributed by atoms with Crippen molar-refractivity contribution in [2.24, 2.45) is 6.98 Å². The van der Waals surface area contributed by atoms with Gasteiger partial charge in [0.05, 0.1) is 35.2 Å². The molecule has 0 radical (unpaired) electrons. The highest BCUT2D eigenvalue weighted by Gasteiger charge is 2.18. The average molecular weight is 520 g/mol. The predicted octanol–water partition coefficient (Wildman–Crippen LogP) is 2.99. The van der Waals surface area contributed by atoms with Crippen LogP contribution in [-0.2, 0) is 11.8 Å². The Hall–Kier alpha value is -4.64. The van der Waals surface area contributed by atoms with E-state index < -0.39 is 12.7 Å². The molecule has 11 nitrogen and oxygen atoms in total. The van der Waals surface area contributed by atoms with E-state index in [2.05, 4.69) is 32.1 Å². The van der Waals surface area contributed by atoms with Gasteiger partial charge in [-0.05, 0) is 38.4 Å². The minimum atomic E-state index is -2.68. The van der Waals surface area contributed by atoms with Crippen LogP contribution in [-0.4, -0.2) is 71.3 Å². The maximum Gasteiger partial charge on any atom is 0.334 e. The molecule has 2 N–H and O–H groups in total. The van der Waals surface area contributed by atoms with Crippen molar-refractivity contribution in [3.05, 3.63) is 71.8 Å². The SMILES string of the molecule is [2H]C([2H])([2H])n1c(=O)n(-c2ccnc(Nc3cc(NC(=O)C=C)c(N(C)CCN(C)C)cc3OC)n2)c2ccccc21. The number of aromatic nitrogens is 4. The standard InChI is InChI=1S/C27H32N8O3/c1-7-25(36)29-18-16-19(23(38-6)17-22(18)33(4)15-14-32(2)3)30-26-28-13-12-24(31-26)35-21-11-9-8-10-20(21)34(5)27(35)37/h7-13,16-17H,1,14-15H2,2-6H3,(H,29,36)(H,28,30,31)/i5D3. The fourth-order valence-electron chi connectivity index (χ4n) is 3.93. The highest BCUT2D eigenvalue weighted by molar-refractivity contribution is 6.02. The van der Waals surface area contributed by atoms with Gasteiger partial charge in [0.15, 0.2) is 0 Å². The van der Waals surface area contributed by atoms with Crippen molar-refractivity contribution < 1.29 is 13.6 Å². The van der Waals surface area contributed by atoms with E-state index in [0.717, 1.165) is 16.8 Å². The molecule has 0 atom stereocenters. The molecule has 198 valence electrons. The van der Waals surface area contributed by atoms with E-state index in [0.29, 0.717) is 29.2 Å². The van der Waals surface area contributed by atoms with Gasteiger partial charge in [0.25, 0.3) is 0 Å². The Morgan fingerprint density at radius 1 is 1.16 bits per heavy atom. The summed E-state index contributed by atoms with van der Waals surface area (Å²) in [6.07, 6.45) is 2.63. The van der Waals surface area contributed by atoms with Crippen LogP contribution in [0.4, 0.5) is 23.0 Å². The largest absolute Gasteiger partial charge is 0.494 e. The summed E-state index contributed by atoms with van der Waals surface area (Å²) in [6, 6.07) is 11.6. The lowest BCUT2D eigenvalue weighted by Gasteiger charge is -2.26. The summed E-state index contributed by atoms with van der Waals surface area (Å²) in [4.78, 5) is 38.4. The molecule has 38 heavy (non-hydrogen) atoms. The van der Waals surface area contributed by atoms with Crippen LogP contribution in [0.5, 0.6) is 5.75 Å². The average Bonchev–Trinajstić information content (AvgIpc) is 3.24. The molecule has 1 amide bonds. The molecule has 0 unspecified atom stereocenters. The number of carbonyl (C=O) groups excluding carboxylic acids is 1. The molecule has 0 saturated carbocycles. The fraction of sp³-hybridized carbons (Fsp3) is 0.259. The van der Waals surface area contributed by atoms with Gasteiger partial charge in [-0.3, -0.25) is 9.36 Å². The number of benzene rings is 2. The number of anilines is 4. The maximum absolute atomic E-state index is 13.3. The maximum atomic E-state index is 13.3. The number of likely N-dealkylation sites (N-methyl/N-ethyl adjacent to an activating group) is 2. The lowest BCUT2D eigenvalue weighted by Crippen LogP contribution is -2.29. The van der Waals surface area contributed by atoms with Gasteiger partial charge in [-0.25, -0.2) is 14.3 Å². The summed E-state index contributed by atoms with van der Waals surface area (Å²) in [5, 5.41) is 5.94. The number of carbonyl (C=O) groups is 1. The first-order valence-electron chi connectivity index (χ1n) is 13.3. The van der Waals surface area contributed by atoms with Crippen LogP contribution in [0.15, 0.2) is 66.1 Å². The number of aryl methyl sites for hydroxylation is 1. The number of imidazole rings is 1. The normalized spacial score (nSPS) is 12.5. The topological polar surface area (TPSA) is 110 Å². The minimum Gasteiger partial charge on any atom is -0.494 e. The molecule has 4 aromatic rings. The summed E-state index contributed by atoms with van der Waals surface area (Å²) in [7, 11) is 7.39. The first kappa shape index (κ1) is 22.5. The van der Waals surface area contributed by atoms with Crippen LogP contribution < -0.4 is 26.0 Å². The van der Waals surface area contributed by atoms with Gasteiger partial charge < -0.3 is 25.2 Å². The number of methoxy groups -OCH3 is 1. The van der Waals surface area contributed by atoms with Crippen molar-refractivity contribution >= 4 is 40.0 Å². The molecule has 0 saturated heterocycles. The molecular weight excluding hydrogens is 484 g/mol. The third-order valence-corrected chi connectivity index (χ3v) is 5.92. The quantitative estimate of drug-likeness (QED) is 0.308. The van der Waals surface area contributed by atoms with Crippen LogP contribution in [0.3, 0.4) is 0 Å². The van der Waals surface area contributed by atoms with Crippen molar-refractivity contribution in [3.63, 3.8) is 0 Å². The monoisotopic (exact) mass is 519 g/mol. The molecule has 0 bridgehead atoms. The number of rotatable bonds is 10. The Kier molecular flexibility index (Phi) is 6.63. The molecule has 0 spiro atoms. The zero-order valence-electron chi connectivity index (χ0n) is 24.7. The molecule has 2 aromatic carbocycles. The second kappa shape index (κ2) is 11.2. The summed E-state index contributed by atoms with van der Waals surface area (Å²) in [5.41, 5.74) is 1.56. The van der Waals surface area contributed by atoms with Crippen molar-refractivity contribution in [3.8, 4) is 11.6 Å². The van der Waals surface area contributed by atoms with E-state index in [1.165, 1.54) is 30.0 Å². The second-order valence-corrected chi connectivity index (χ2v) is 8.79. The fourth-order valence-corrected chi connectivity index (χ4v) is 3.93. The number of hydrogen-bond donors (Lipinski definition) is 2. The van der Waals surface area contributed by atoms with Crippen molar-refractivity contribution in [1.29, 1.82) is 0 Å². The predicted molar refractivity (Wildman–Crippen MR) is 151 cm³/mol. The van der Waals surface area contributed by atoms with Gasteiger partial charge in [-0.1, -0.05) is 18.7 Å². The Bertz CT molecular complexity index is 1650. The number of ether oxygens (including phenoxy) is 1. The molecule has 0 aliphatic heterocycles. The van der Waals surface area contributed by atoms with E-state index >= 15 is 0 Å². The Morgan fingerprint density at radius 3 is 2.61 bits per heavy atom. The van der Waals surface area contributed by atoms with Gasteiger partial charge in [-0.15, -0.1) is 0 Å². The van der Waals surface area contributed by atoms with Gasteiger partial charge >= 0.3 is 5.69 Å². The summed E-state index contributed by atoms with van der Waals surface area (Å²) in [6.45, 7) is 2.33. The molecule has 0 aliphatic carbocycles. The summed E-state index contributed by atoms with van der Waals surface area (Å²) < 4.78 is 31.2. The molecule has 0 aliphatic rings. The summed E-state index contributed by atoms with van der Waals surface area (Å²) >= 11 is 0. The first-order chi connectivity index (χ1) is 19.4. The van der Waals surface area contributed by atoms with Crippen LogP contribution in [0, 0.1) is 0 Å². The number of nitrogens with zero attached hydrogens (tertiary/aromatic N) is 6. The Labute approximate surface area is 225 Å². The first-order valence-corrected chi connectivity index (χ1v) is 11.8. The van der Waals surface area contributed by atoms with Crippen LogP contribution in [0.2, 0.25) is 0 Å². The molecule has 0 fully saturated rings. The number of para-hydroxylation sites is 2. The number of amides is 1. The van der Waals surface area contributed by atoms with E-state index in [1.54, 1.807) is 36.4 Å². The van der Waals surface area contributed by atoms with Crippen molar-refractivity contribution in [2.75, 3.05) is 56.9 Å². The highest BCUT2D eigenvalue weighted by atomic mass is 16.5. The van der Waals surface area contributed by atoms with Gasteiger partial charge in [0.1, 0.15) is 11.6 Å². The number of hydrogen-bond acceptors (Lipinski definition) is 8. The number of nitrogens with one attached hydrogen (secondary N) is 2. The van der Waals surface area contributed by atoms with E-state index in [4.69, 9.17) is 8.85 Å². The Balaban J connectivity index is 1.78. The van der Waals surface area contributed by atoms with Crippen molar-refractivity contribution in [2.45, 2.75) is 0 Å². The Morgan fingerprint density at radius 2 is 1.92 bits per heavy atom.